The number of nitrogens with zero attached hydrogens (tertiary/aromatic N) is 3. The van der Waals surface area contributed by atoms with Gasteiger partial charge in [0.05, 0.1) is 18.5 Å². The zero-order valence-corrected chi connectivity index (χ0v) is 12.0. The molecule has 104 valence electrons. The minimum absolute atomic E-state index is 0.337. The molecule has 1 unspecified atom stereocenters. The van der Waals surface area contributed by atoms with Crippen LogP contribution >= 0.6 is 11.3 Å². The third-order valence-electron chi connectivity index (χ3n) is 2.94. The Labute approximate surface area is 121 Å². The minimum Gasteiger partial charge on any atom is -0.462 e. The summed E-state index contributed by atoms with van der Waals surface area (Å²) >= 11 is 1.60. The third kappa shape index (κ3) is 3.15. The van der Waals surface area contributed by atoms with Crippen LogP contribution in [-0.2, 0) is 13.1 Å². The monoisotopic (exact) mass is 288 g/mol. The third-order valence-corrected chi connectivity index (χ3v) is 3.84. The second-order valence-electron chi connectivity index (χ2n) is 4.63. The Bertz CT molecular complexity index is 630. The highest BCUT2D eigenvalue weighted by Crippen LogP contribution is 2.23. The van der Waals surface area contributed by atoms with Gasteiger partial charge < -0.3 is 9.73 Å². The molecule has 0 saturated carbocycles. The molecule has 0 aliphatic heterocycles. The van der Waals surface area contributed by atoms with Crippen molar-refractivity contribution in [3.05, 3.63) is 47.9 Å². The number of rotatable bonds is 6. The van der Waals surface area contributed by atoms with Gasteiger partial charge in [-0.25, -0.2) is 4.98 Å². The number of nitrogens with one attached hydrogen (secondary N) is 1. The van der Waals surface area contributed by atoms with Crippen LogP contribution in [0.25, 0.3) is 10.8 Å². The molecule has 1 atom stereocenters. The van der Waals surface area contributed by atoms with E-state index in [1.54, 1.807) is 23.8 Å². The summed E-state index contributed by atoms with van der Waals surface area (Å²) in [7, 11) is 0. The van der Waals surface area contributed by atoms with E-state index in [1.165, 1.54) is 0 Å². The Morgan fingerprint density at radius 1 is 1.45 bits per heavy atom. The molecule has 1 N–H and O–H groups in total. The minimum atomic E-state index is 0.337. The van der Waals surface area contributed by atoms with Crippen LogP contribution in [0.3, 0.4) is 0 Å². The predicted molar refractivity (Wildman–Crippen MR) is 78.3 cm³/mol. The van der Waals surface area contributed by atoms with Gasteiger partial charge in [-0.3, -0.25) is 4.68 Å². The van der Waals surface area contributed by atoms with E-state index in [9.17, 15) is 0 Å². The molecule has 0 aliphatic carbocycles. The van der Waals surface area contributed by atoms with Crippen molar-refractivity contribution >= 4 is 11.3 Å². The second kappa shape index (κ2) is 6.02. The van der Waals surface area contributed by atoms with E-state index in [0.717, 1.165) is 29.6 Å². The van der Waals surface area contributed by atoms with Crippen LogP contribution < -0.4 is 5.32 Å². The van der Waals surface area contributed by atoms with E-state index < -0.39 is 0 Å². The first kappa shape index (κ1) is 13.1. The van der Waals surface area contributed by atoms with Crippen LogP contribution in [0, 0.1) is 0 Å². The second-order valence-corrected chi connectivity index (χ2v) is 5.49. The molecule has 0 bridgehead atoms. The maximum absolute atomic E-state index is 5.34. The largest absolute Gasteiger partial charge is 0.462 e. The first-order valence-electron chi connectivity index (χ1n) is 6.50. The van der Waals surface area contributed by atoms with E-state index in [0.29, 0.717) is 6.04 Å². The molecule has 3 aromatic heterocycles. The highest BCUT2D eigenvalue weighted by Gasteiger charge is 2.08. The topological polar surface area (TPSA) is 55.9 Å². The van der Waals surface area contributed by atoms with Crippen LogP contribution in [0.1, 0.15) is 12.6 Å². The number of furan rings is 1. The van der Waals surface area contributed by atoms with Crippen LogP contribution in [0.5, 0.6) is 0 Å². The van der Waals surface area contributed by atoms with Gasteiger partial charge in [-0.2, -0.15) is 5.10 Å². The first-order valence-corrected chi connectivity index (χ1v) is 7.38. The summed E-state index contributed by atoms with van der Waals surface area (Å²) in [5.41, 5.74) is 1.04. The van der Waals surface area contributed by atoms with Gasteiger partial charge in [-0.05, 0) is 25.1 Å². The van der Waals surface area contributed by atoms with Gasteiger partial charge in [0.2, 0.25) is 0 Å². The lowest BCUT2D eigenvalue weighted by Gasteiger charge is -2.12. The van der Waals surface area contributed by atoms with Crippen molar-refractivity contribution in [2.24, 2.45) is 0 Å². The lowest BCUT2D eigenvalue weighted by atomic mass is 10.3. The van der Waals surface area contributed by atoms with E-state index in [4.69, 9.17) is 4.42 Å². The summed E-state index contributed by atoms with van der Waals surface area (Å²) in [6.07, 6.45) is 5.43. The number of hydrogen-bond acceptors (Lipinski definition) is 5. The van der Waals surface area contributed by atoms with Crippen molar-refractivity contribution in [3.8, 4) is 10.8 Å². The van der Waals surface area contributed by atoms with E-state index in [1.807, 2.05) is 29.1 Å². The first-order chi connectivity index (χ1) is 9.81. The standard InChI is InChI=1S/C14H16N4OS/c1-11(9-18-6-3-5-16-18)15-8-12-10-20-14(17-12)13-4-2-7-19-13/h2-7,10-11,15H,8-9H2,1H3. The zero-order valence-electron chi connectivity index (χ0n) is 11.2. The van der Waals surface area contributed by atoms with Gasteiger partial charge in [0, 0.05) is 30.4 Å². The van der Waals surface area contributed by atoms with Gasteiger partial charge in [0.25, 0.3) is 0 Å². The summed E-state index contributed by atoms with van der Waals surface area (Å²) in [5.74, 6) is 0.825. The molecule has 0 spiro atoms. The maximum Gasteiger partial charge on any atom is 0.162 e. The highest BCUT2D eigenvalue weighted by molar-refractivity contribution is 7.13. The molecule has 0 aliphatic rings. The van der Waals surface area contributed by atoms with Crippen LogP contribution in [0.15, 0.2) is 46.7 Å². The Morgan fingerprint density at radius 3 is 3.15 bits per heavy atom. The van der Waals surface area contributed by atoms with Crippen molar-refractivity contribution in [2.75, 3.05) is 0 Å². The normalized spacial score (nSPS) is 12.7. The average Bonchev–Trinajstić information content (AvgIpc) is 3.18. The van der Waals surface area contributed by atoms with Crippen molar-refractivity contribution in [1.29, 1.82) is 0 Å². The lowest BCUT2D eigenvalue weighted by Crippen LogP contribution is -2.30. The number of hydrogen-bond donors (Lipinski definition) is 1. The molecule has 6 heteroatoms. The molecular formula is C14H16N4OS. The fourth-order valence-electron chi connectivity index (χ4n) is 1.93. The molecule has 3 heterocycles. The fraction of sp³-hybridized carbons (Fsp3) is 0.286. The van der Waals surface area contributed by atoms with Crippen LogP contribution in [0.4, 0.5) is 0 Å². The molecule has 5 nitrogen and oxygen atoms in total. The molecule has 0 aromatic carbocycles. The summed E-state index contributed by atoms with van der Waals surface area (Å²) < 4.78 is 7.27. The van der Waals surface area contributed by atoms with E-state index in [-0.39, 0.29) is 0 Å². The van der Waals surface area contributed by atoms with Crippen molar-refractivity contribution < 1.29 is 4.42 Å². The van der Waals surface area contributed by atoms with Crippen LogP contribution in [0.2, 0.25) is 0 Å². The van der Waals surface area contributed by atoms with Crippen molar-refractivity contribution in [1.82, 2.24) is 20.1 Å². The Balaban J connectivity index is 1.53. The quantitative estimate of drug-likeness (QED) is 0.758. The lowest BCUT2D eigenvalue weighted by molar-refractivity contribution is 0.449. The Kier molecular flexibility index (Phi) is 3.94. The molecule has 0 fully saturated rings. The van der Waals surface area contributed by atoms with Gasteiger partial charge in [-0.1, -0.05) is 0 Å². The molecule has 3 aromatic rings. The van der Waals surface area contributed by atoms with Gasteiger partial charge in [0.15, 0.2) is 10.8 Å². The fourth-order valence-corrected chi connectivity index (χ4v) is 2.72. The summed E-state index contributed by atoms with van der Waals surface area (Å²) in [6.45, 7) is 3.74. The average molecular weight is 288 g/mol. The molecule has 0 radical (unpaired) electrons. The summed E-state index contributed by atoms with van der Waals surface area (Å²) in [6, 6.07) is 6.07. The van der Waals surface area contributed by atoms with Gasteiger partial charge >= 0.3 is 0 Å². The van der Waals surface area contributed by atoms with E-state index >= 15 is 0 Å². The van der Waals surface area contributed by atoms with Crippen molar-refractivity contribution in [2.45, 2.75) is 26.1 Å². The number of aromatic nitrogens is 3. The maximum atomic E-state index is 5.34. The predicted octanol–water partition coefficient (Wildman–Crippen LogP) is 2.78. The van der Waals surface area contributed by atoms with E-state index in [2.05, 4.69) is 27.7 Å². The summed E-state index contributed by atoms with van der Waals surface area (Å²) in [4.78, 5) is 4.56. The van der Waals surface area contributed by atoms with Crippen molar-refractivity contribution in [3.63, 3.8) is 0 Å². The Hall–Kier alpha value is -1.92. The highest BCUT2D eigenvalue weighted by atomic mass is 32.1. The van der Waals surface area contributed by atoms with Gasteiger partial charge in [0.1, 0.15) is 0 Å². The molecule has 3 rings (SSSR count). The zero-order chi connectivity index (χ0) is 13.8. The van der Waals surface area contributed by atoms with Gasteiger partial charge in [-0.15, -0.1) is 11.3 Å². The summed E-state index contributed by atoms with van der Waals surface area (Å²) in [5, 5.41) is 10.6. The molecule has 20 heavy (non-hydrogen) atoms. The molecule has 0 saturated heterocycles. The number of thiazole rings is 1. The molecule has 0 amide bonds. The van der Waals surface area contributed by atoms with Crippen LogP contribution in [-0.4, -0.2) is 20.8 Å². The Morgan fingerprint density at radius 2 is 2.40 bits per heavy atom. The smallest absolute Gasteiger partial charge is 0.162 e. The molecular weight excluding hydrogens is 272 g/mol. The SMILES string of the molecule is CC(Cn1cccn1)NCc1csc(-c2ccco2)n1.